The molecule has 172 valence electrons. The van der Waals surface area contributed by atoms with Gasteiger partial charge in [-0.25, -0.2) is 12.8 Å². The first-order chi connectivity index (χ1) is 15.7. The number of ether oxygens (including phenoxy) is 1. The fourth-order valence-corrected chi connectivity index (χ4v) is 5.22. The smallest absolute Gasteiger partial charge is 0.265 e. The Morgan fingerprint density at radius 3 is 2.58 bits per heavy atom. The summed E-state index contributed by atoms with van der Waals surface area (Å²) in [5.41, 5.74) is 0.230. The first kappa shape index (κ1) is 22.7. The molecule has 0 unspecified atom stereocenters. The minimum absolute atomic E-state index is 0.00184. The number of amides is 2. The minimum atomic E-state index is -3.88. The maximum atomic E-state index is 14.2. The Morgan fingerprint density at radius 2 is 1.94 bits per heavy atom. The summed E-state index contributed by atoms with van der Waals surface area (Å²) in [6.07, 6.45) is -0.132. The Labute approximate surface area is 190 Å². The summed E-state index contributed by atoms with van der Waals surface area (Å²) < 4.78 is 47.3. The zero-order chi connectivity index (χ0) is 23.8. The molecule has 33 heavy (non-hydrogen) atoms. The van der Waals surface area contributed by atoms with Gasteiger partial charge >= 0.3 is 0 Å². The van der Waals surface area contributed by atoms with Gasteiger partial charge in [0.05, 0.1) is 27.8 Å². The molecule has 2 aliphatic rings. The van der Waals surface area contributed by atoms with E-state index < -0.39 is 27.9 Å². The van der Waals surface area contributed by atoms with Crippen molar-refractivity contribution in [3.05, 3.63) is 53.3 Å². The van der Waals surface area contributed by atoms with Gasteiger partial charge in [0, 0.05) is 26.2 Å². The van der Waals surface area contributed by atoms with Crippen LogP contribution in [-0.4, -0.2) is 61.7 Å². The summed E-state index contributed by atoms with van der Waals surface area (Å²) in [4.78, 5) is 26.1. The molecule has 0 bridgehead atoms. The quantitative estimate of drug-likeness (QED) is 0.726. The first-order valence-electron chi connectivity index (χ1n) is 10.3. The summed E-state index contributed by atoms with van der Waals surface area (Å²) in [6.45, 7) is 2.04. The third-order valence-electron chi connectivity index (χ3n) is 5.63. The molecule has 0 aliphatic carbocycles. The maximum absolute atomic E-state index is 14.2. The van der Waals surface area contributed by atoms with Crippen LogP contribution in [-0.2, 0) is 14.8 Å². The number of nitrogens with zero attached hydrogens (tertiary/aromatic N) is 3. The number of nitriles is 1. The largest absolute Gasteiger partial charge is 0.478 e. The molecule has 1 N–H and O–H groups in total. The number of fused-ring (bicyclic) bond motifs is 1. The van der Waals surface area contributed by atoms with Crippen LogP contribution in [0.2, 0.25) is 0 Å². The molecule has 2 aromatic rings. The number of nitrogens with one attached hydrogen (secondary N) is 1. The molecule has 0 radical (unpaired) electrons. The van der Waals surface area contributed by atoms with E-state index >= 15 is 0 Å². The SMILES string of the molecule is CC[C@H]1Oc2ccc(S(=O)(=O)N3CCN(C(=O)c4ccc(C#N)cc4F)CC3)cc2NC1=O. The van der Waals surface area contributed by atoms with Gasteiger partial charge in [0.15, 0.2) is 6.10 Å². The normalized spacial score (nSPS) is 18.6. The number of anilines is 1. The predicted molar refractivity (Wildman–Crippen MR) is 116 cm³/mol. The summed E-state index contributed by atoms with van der Waals surface area (Å²) in [6, 6.07) is 9.71. The van der Waals surface area contributed by atoms with Crippen molar-refractivity contribution < 1.29 is 27.1 Å². The fourth-order valence-electron chi connectivity index (χ4n) is 3.77. The number of piperazine rings is 1. The molecule has 4 rings (SSSR count). The van der Waals surface area contributed by atoms with Gasteiger partial charge in [-0.05, 0) is 42.8 Å². The number of rotatable bonds is 4. The standard InChI is InChI=1S/C22H21FN4O5S/c1-2-19-21(28)25-18-12-15(4-6-20(18)32-19)33(30,31)27-9-7-26(8-10-27)22(29)16-5-3-14(13-24)11-17(16)23/h3-6,11-12,19H,2,7-10H2,1H3,(H,25,28)/t19-/m1/s1. The average Bonchev–Trinajstić information content (AvgIpc) is 2.82. The third-order valence-corrected chi connectivity index (χ3v) is 7.53. The van der Waals surface area contributed by atoms with E-state index in [2.05, 4.69) is 5.32 Å². The number of hydrogen-bond donors (Lipinski definition) is 1. The van der Waals surface area contributed by atoms with Gasteiger partial charge in [-0.2, -0.15) is 9.57 Å². The molecule has 1 fully saturated rings. The molecule has 1 atom stereocenters. The fraction of sp³-hybridized carbons (Fsp3) is 0.318. The van der Waals surface area contributed by atoms with Crippen molar-refractivity contribution in [2.45, 2.75) is 24.3 Å². The Kier molecular flexibility index (Phi) is 6.05. The van der Waals surface area contributed by atoms with E-state index in [4.69, 9.17) is 10.00 Å². The van der Waals surface area contributed by atoms with Crippen molar-refractivity contribution in [2.75, 3.05) is 31.5 Å². The highest BCUT2D eigenvalue weighted by molar-refractivity contribution is 7.89. The zero-order valence-corrected chi connectivity index (χ0v) is 18.6. The number of carbonyl (C=O) groups excluding carboxylic acids is 2. The van der Waals surface area contributed by atoms with Gasteiger partial charge in [-0.15, -0.1) is 0 Å². The van der Waals surface area contributed by atoms with Crippen LogP contribution >= 0.6 is 0 Å². The Hall–Kier alpha value is -3.49. The van der Waals surface area contributed by atoms with Gasteiger partial charge in [0.25, 0.3) is 11.8 Å². The van der Waals surface area contributed by atoms with Crippen molar-refractivity contribution >= 4 is 27.5 Å². The highest BCUT2D eigenvalue weighted by Gasteiger charge is 2.33. The van der Waals surface area contributed by atoms with Crippen molar-refractivity contribution in [3.63, 3.8) is 0 Å². The van der Waals surface area contributed by atoms with Crippen LogP contribution in [0.25, 0.3) is 0 Å². The minimum Gasteiger partial charge on any atom is -0.478 e. The van der Waals surface area contributed by atoms with Crippen LogP contribution in [0, 0.1) is 17.1 Å². The monoisotopic (exact) mass is 472 g/mol. The van der Waals surface area contributed by atoms with E-state index in [0.29, 0.717) is 12.2 Å². The number of hydrogen-bond acceptors (Lipinski definition) is 6. The molecular weight excluding hydrogens is 451 g/mol. The van der Waals surface area contributed by atoms with Crippen molar-refractivity contribution in [1.29, 1.82) is 5.26 Å². The van der Waals surface area contributed by atoms with Crippen LogP contribution in [0.15, 0.2) is 41.3 Å². The van der Waals surface area contributed by atoms with E-state index in [0.717, 1.165) is 6.07 Å². The van der Waals surface area contributed by atoms with Crippen LogP contribution in [0.4, 0.5) is 10.1 Å². The van der Waals surface area contributed by atoms with E-state index in [-0.39, 0.29) is 53.8 Å². The maximum Gasteiger partial charge on any atom is 0.265 e. The Morgan fingerprint density at radius 1 is 1.21 bits per heavy atom. The first-order valence-corrected chi connectivity index (χ1v) is 11.8. The summed E-state index contributed by atoms with van der Waals surface area (Å²) in [5, 5.41) is 11.5. The van der Waals surface area contributed by atoms with Gasteiger partial charge < -0.3 is 15.0 Å². The van der Waals surface area contributed by atoms with Gasteiger partial charge in [0.2, 0.25) is 10.0 Å². The van der Waals surface area contributed by atoms with Crippen molar-refractivity contribution in [2.24, 2.45) is 0 Å². The second-order valence-corrected chi connectivity index (χ2v) is 9.60. The molecule has 2 aliphatic heterocycles. The van der Waals surface area contributed by atoms with Crippen LogP contribution in [0.3, 0.4) is 0 Å². The van der Waals surface area contributed by atoms with Crippen LogP contribution < -0.4 is 10.1 Å². The number of carbonyl (C=O) groups is 2. The van der Waals surface area contributed by atoms with E-state index in [1.54, 1.807) is 0 Å². The molecule has 2 aromatic carbocycles. The average molecular weight is 472 g/mol. The zero-order valence-electron chi connectivity index (χ0n) is 17.7. The lowest BCUT2D eigenvalue weighted by Crippen LogP contribution is -2.50. The molecule has 11 heteroatoms. The van der Waals surface area contributed by atoms with E-state index in [1.165, 1.54) is 39.5 Å². The molecule has 1 saturated heterocycles. The van der Waals surface area contributed by atoms with Crippen LogP contribution in [0.5, 0.6) is 5.75 Å². The van der Waals surface area contributed by atoms with Gasteiger partial charge in [-0.3, -0.25) is 9.59 Å². The molecule has 2 heterocycles. The summed E-state index contributed by atoms with van der Waals surface area (Å²) in [5.74, 6) is -1.28. The lowest BCUT2D eigenvalue weighted by molar-refractivity contribution is -0.123. The Bertz CT molecular complexity index is 1270. The lowest BCUT2D eigenvalue weighted by atomic mass is 10.1. The van der Waals surface area contributed by atoms with Crippen LogP contribution in [0.1, 0.15) is 29.3 Å². The summed E-state index contributed by atoms with van der Waals surface area (Å²) in [7, 11) is -3.88. The lowest BCUT2D eigenvalue weighted by Gasteiger charge is -2.34. The van der Waals surface area contributed by atoms with E-state index in [9.17, 15) is 22.4 Å². The number of sulfonamides is 1. The number of benzene rings is 2. The predicted octanol–water partition coefficient (Wildman–Crippen LogP) is 1.95. The molecule has 0 aromatic heterocycles. The topological polar surface area (TPSA) is 120 Å². The molecule has 9 nitrogen and oxygen atoms in total. The molecule has 2 amide bonds. The second-order valence-electron chi connectivity index (χ2n) is 7.66. The highest BCUT2D eigenvalue weighted by atomic mass is 32.2. The van der Waals surface area contributed by atoms with Crippen molar-refractivity contribution in [1.82, 2.24) is 9.21 Å². The van der Waals surface area contributed by atoms with Gasteiger partial charge in [-0.1, -0.05) is 6.92 Å². The molecule has 0 spiro atoms. The summed E-state index contributed by atoms with van der Waals surface area (Å²) >= 11 is 0. The second kappa shape index (κ2) is 8.80. The highest BCUT2D eigenvalue weighted by Crippen LogP contribution is 2.33. The van der Waals surface area contributed by atoms with Gasteiger partial charge in [0.1, 0.15) is 11.6 Å². The van der Waals surface area contributed by atoms with Crippen molar-refractivity contribution in [3.8, 4) is 11.8 Å². The molecule has 0 saturated carbocycles. The van der Waals surface area contributed by atoms with E-state index in [1.807, 2.05) is 13.0 Å². The number of halogens is 1. The molecular formula is C22H21FN4O5S. The third kappa shape index (κ3) is 4.27. The Balaban J connectivity index is 1.46.